The van der Waals surface area contributed by atoms with Gasteiger partial charge in [-0.25, -0.2) is 0 Å². The fraction of sp³-hybridized carbons (Fsp3) is 0.385. The predicted molar refractivity (Wildman–Crippen MR) is 71.1 cm³/mol. The van der Waals surface area contributed by atoms with Gasteiger partial charge in [0.15, 0.2) is 0 Å². The Labute approximate surface area is 107 Å². The molecule has 0 fully saturated rings. The largest absolute Gasteiger partial charge is 0.399 e. The maximum atomic E-state index is 12.0. The molecule has 18 heavy (non-hydrogen) atoms. The maximum absolute atomic E-state index is 12.0. The molecule has 0 heterocycles. The summed E-state index contributed by atoms with van der Waals surface area (Å²) in [6, 6.07) is 6.69. The highest BCUT2D eigenvalue weighted by Gasteiger charge is 2.14. The number of rotatable bonds is 4. The number of nitrogens with zero attached hydrogens (tertiary/aromatic N) is 1. The van der Waals surface area contributed by atoms with Crippen molar-refractivity contribution in [2.75, 3.05) is 19.3 Å². The van der Waals surface area contributed by atoms with Crippen LogP contribution in [0.5, 0.6) is 0 Å². The zero-order valence-electron chi connectivity index (χ0n) is 10.9. The van der Waals surface area contributed by atoms with Gasteiger partial charge in [0.05, 0.1) is 6.54 Å². The molecule has 5 nitrogen and oxygen atoms in total. The minimum Gasteiger partial charge on any atom is -0.399 e. The Morgan fingerprint density at radius 2 is 1.83 bits per heavy atom. The first-order valence-electron chi connectivity index (χ1n) is 5.80. The number of benzene rings is 1. The standard InChI is InChI=1S/C13H19N3O2/c1-9(2)15-12(17)8-16(3)13(18)10-4-6-11(14)7-5-10/h4-7,9H,8,14H2,1-3H3,(H,15,17). The van der Waals surface area contributed by atoms with E-state index in [0.29, 0.717) is 11.3 Å². The van der Waals surface area contributed by atoms with Gasteiger partial charge in [-0.05, 0) is 38.1 Å². The lowest BCUT2D eigenvalue weighted by Crippen LogP contribution is -2.40. The van der Waals surface area contributed by atoms with Crippen LogP contribution >= 0.6 is 0 Å². The second-order valence-electron chi connectivity index (χ2n) is 4.51. The molecule has 0 bridgehead atoms. The van der Waals surface area contributed by atoms with E-state index in [4.69, 9.17) is 5.73 Å². The van der Waals surface area contributed by atoms with Gasteiger partial charge >= 0.3 is 0 Å². The highest BCUT2D eigenvalue weighted by Crippen LogP contribution is 2.07. The molecule has 1 aromatic rings. The molecule has 5 heteroatoms. The van der Waals surface area contributed by atoms with E-state index in [0.717, 1.165) is 0 Å². The van der Waals surface area contributed by atoms with Gasteiger partial charge in [0.2, 0.25) is 5.91 Å². The first-order chi connectivity index (χ1) is 8.40. The maximum Gasteiger partial charge on any atom is 0.254 e. The molecular formula is C13H19N3O2. The number of carbonyl (C=O) groups is 2. The Bertz CT molecular complexity index is 426. The van der Waals surface area contributed by atoms with E-state index < -0.39 is 0 Å². The molecule has 0 atom stereocenters. The van der Waals surface area contributed by atoms with Gasteiger partial charge < -0.3 is 16.0 Å². The molecule has 1 aromatic carbocycles. The minimum atomic E-state index is -0.200. The highest BCUT2D eigenvalue weighted by molar-refractivity contribution is 5.96. The molecule has 1 rings (SSSR count). The number of anilines is 1. The zero-order chi connectivity index (χ0) is 13.7. The summed E-state index contributed by atoms with van der Waals surface area (Å²) >= 11 is 0. The third-order valence-electron chi connectivity index (χ3n) is 2.33. The third kappa shape index (κ3) is 4.08. The van der Waals surface area contributed by atoms with Crippen molar-refractivity contribution in [3.63, 3.8) is 0 Å². The van der Waals surface area contributed by atoms with Crippen molar-refractivity contribution in [1.82, 2.24) is 10.2 Å². The topological polar surface area (TPSA) is 75.4 Å². The molecule has 0 aliphatic heterocycles. The van der Waals surface area contributed by atoms with Crippen molar-refractivity contribution in [1.29, 1.82) is 0 Å². The third-order valence-corrected chi connectivity index (χ3v) is 2.33. The van der Waals surface area contributed by atoms with Crippen molar-refractivity contribution in [2.24, 2.45) is 0 Å². The van der Waals surface area contributed by atoms with Gasteiger partial charge in [0, 0.05) is 24.3 Å². The highest BCUT2D eigenvalue weighted by atomic mass is 16.2. The predicted octanol–water partition coefficient (Wildman–Crippen LogP) is 0.865. The van der Waals surface area contributed by atoms with E-state index in [1.54, 1.807) is 31.3 Å². The molecule has 3 N–H and O–H groups in total. The van der Waals surface area contributed by atoms with Crippen molar-refractivity contribution < 1.29 is 9.59 Å². The van der Waals surface area contributed by atoms with Crippen LogP contribution < -0.4 is 11.1 Å². The molecule has 0 aromatic heterocycles. The summed E-state index contributed by atoms with van der Waals surface area (Å²) in [5.41, 5.74) is 6.67. The summed E-state index contributed by atoms with van der Waals surface area (Å²) in [5.74, 6) is -0.370. The molecule has 0 radical (unpaired) electrons. The number of hydrogen-bond acceptors (Lipinski definition) is 3. The second-order valence-corrected chi connectivity index (χ2v) is 4.51. The van der Waals surface area contributed by atoms with Gasteiger partial charge in [0.25, 0.3) is 5.91 Å². The van der Waals surface area contributed by atoms with Crippen molar-refractivity contribution in [3.05, 3.63) is 29.8 Å². The lowest BCUT2D eigenvalue weighted by molar-refractivity contribution is -0.122. The minimum absolute atomic E-state index is 0.0430. The Morgan fingerprint density at radius 1 is 1.28 bits per heavy atom. The molecule has 0 aliphatic rings. The Morgan fingerprint density at radius 3 is 2.33 bits per heavy atom. The molecule has 0 saturated carbocycles. The van der Waals surface area contributed by atoms with E-state index in [2.05, 4.69) is 5.32 Å². The van der Waals surface area contributed by atoms with Crippen LogP contribution in [0.15, 0.2) is 24.3 Å². The van der Waals surface area contributed by atoms with Crippen molar-refractivity contribution >= 4 is 17.5 Å². The molecular weight excluding hydrogens is 230 g/mol. The average Bonchev–Trinajstić information content (AvgIpc) is 2.27. The molecule has 2 amide bonds. The summed E-state index contributed by atoms with van der Waals surface area (Å²) in [4.78, 5) is 24.9. The van der Waals surface area contributed by atoms with Crippen LogP contribution in [0.4, 0.5) is 5.69 Å². The normalized spacial score (nSPS) is 10.2. The van der Waals surface area contributed by atoms with Gasteiger partial charge in [-0.3, -0.25) is 9.59 Å². The van der Waals surface area contributed by atoms with E-state index >= 15 is 0 Å². The Hall–Kier alpha value is -2.04. The summed E-state index contributed by atoms with van der Waals surface area (Å²) in [6.45, 7) is 3.79. The van der Waals surface area contributed by atoms with E-state index in [1.807, 2.05) is 13.8 Å². The van der Waals surface area contributed by atoms with E-state index in [1.165, 1.54) is 4.90 Å². The number of nitrogen functional groups attached to an aromatic ring is 1. The number of nitrogens with two attached hydrogens (primary N) is 1. The van der Waals surface area contributed by atoms with Crippen LogP contribution in [0.3, 0.4) is 0 Å². The lowest BCUT2D eigenvalue weighted by Gasteiger charge is -2.18. The van der Waals surface area contributed by atoms with Gasteiger partial charge in [-0.2, -0.15) is 0 Å². The van der Waals surface area contributed by atoms with Crippen LogP contribution in [0.2, 0.25) is 0 Å². The van der Waals surface area contributed by atoms with Crippen LogP contribution in [0.25, 0.3) is 0 Å². The van der Waals surface area contributed by atoms with Gasteiger partial charge in [0.1, 0.15) is 0 Å². The summed E-state index contributed by atoms with van der Waals surface area (Å²) in [6.07, 6.45) is 0. The second kappa shape index (κ2) is 6.05. The summed E-state index contributed by atoms with van der Waals surface area (Å²) in [5, 5.41) is 2.74. The Balaban J connectivity index is 2.61. The molecule has 98 valence electrons. The van der Waals surface area contributed by atoms with Gasteiger partial charge in [-0.15, -0.1) is 0 Å². The number of hydrogen-bond donors (Lipinski definition) is 2. The monoisotopic (exact) mass is 249 g/mol. The SMILES string of the molecule is CC(C)NC(=O)CN(C)C(=O)c1ccc(N)cc1. The van der Waals surface area contributed by atoms with Crippen LogP contribution in [-0.4, -0.2) is 36.3 Å². The summed E-state index contributed by atoms with van der Waals surface area (Å²) in [7, 11) is 1.60. The lowest BCUT2D eigenvalue weighted by atomic mass is 10.2. The molecule has 0 saturated heterocycles. The number of nitrogens with one attached hydrogen (secondary N) is 1. The quantitative estimate of drug-likeness (QED) is 0.777. The molecule has 0 aliphatic carbocycles. The van der Waals surface area contributed by atoms with Crippen LogP contribution in [0, 0.1) is 0 Å². The number of likely N-dealkylation sites (N-methyl/N-ethyl adjacent to an activating group) is 1. The average molecular weight is 249 g/mol. The molecule has 0 spiro atoms. The van der Waals surface area contributed by atoms with Crippen LogP contribution in [0.1, 0.15) is 24.2 Å². The number of carbonyl (C=O) groups excluding carboxylic acids is 2. The molecule has 0 unspecified atom stereocenters. The van der Waals surface area contributed by atoms with E-state index in [-0.39, 0.29) is 24.4 Å². The fourth-order valence-corrected chi connectivity index (χ4v) is 1.50. The Kier molecular flexibility index (Phi) is 4.71. The van der Waals surface area contributed by atoms with E-state index in [9.17, 15) is 9.59 Å². The van der Waals surface area contributed by atoms with Gasteiger partial charge in [-0.1, -0.05) is 0 Å². The first-order valence-corrected chi connectivity index (χ1v) is 5.80. The van der Waals surface area contributed by atoms with Crippen molar-refractivity contribution in [2.45, 2.75) is 19.9 Å². The number of amides is 2. The van der Waals surface area contributed by atoms with Crippen molar-refractivity contribution in [3.8, 4) is 0 Å². The fourth-order valence-electron chi connectivity index (χ4n) is 1.50. The first kappa shape index (κ1) is 14.0. The zero-order valence-corrected chi connectivity index (χ0v) is 10.9. The summed E-state index contributed by atoms with van der Waals surface area (Å²) < 4.78 is 0. The smallest absolute Gasteiger partial charge is 0.254 e. The van der Waals surface area contributed by atoms with Crippen LogP contribution in [-0.2, 0) is 4.79 Å².